The van der Waals surface area contributed by atoms with Crippen LogP contribution in [0.1, 0.15) is 6.92 Å². The van der Waals surface area contributed by atoms with Crippen molar-refractivity contribution in [1.29, 1.82) is 0 Å². The summed E-state index contributed by atoms with van der Waals surface area (Å²) >= 11 is 0. The zero-order valence-corrected chi connectivity index (χ0v) is 9.25. The van der Waals surface area contributed by atoms with E-state index in [2.05, 4.69) is 9.72 Å². The molecule has 2 rings (SSSR count). The number of aromatic amines is 1. The van der Waals surface area contributed by atoms with Crippen molar-refractivity contribution >= 4 is 23.1 Å². The molecule has 0 radical (unpaired) electrons. The van der Waals surface area contributed by atoms with Crippen molar-refractivity contribution in [2.24, 2.45) is 0 Å². The number of hydrogen-bond acceptors (Lipinski definition) is 4. The number of fused-ring (bicyclic) bond motifs is 1. The molecule has 0 aliphatic carbocycles. The molecule has 0 unspecified atom stereocenters. The van der Waals surface area contributed by atoms with Gasteiger partial charge in [0.05, 0.1) is 28.6 Å². The lowest BCUT2D eigenvalue weighted by atomic mass is 10.2. The van der Waals surface area contributed by atoms with Crippen LogP contribution in [0.3, 0.4) is 0 Å². The van der Waals surface area contributed by atoms with Crippen LogP contribution in [0.25, 0.3) is 10.9 Å². The Hall–Kier alpha value is -2.37. The summed E-state index contributed by atoms with van der Waals surface area (Å²) < 4.78 is 4.15. The average molecular weight is 236 g/mol. The fourth-order valence-electron chi connectivity index (χ4n) is 1.28. The molecule has 0 atom stereocenters. The second-order valence-electron chi connectivity index (χ2n) is 3.03. The van der Waals surface area contributed by atoms with E-state index >= 15 is 0 Å². The minimum atomic E-state index is -0.390. The SMILES string of the molecule is CCOC=O.O=[N+]([O-])c1c[nH]c2ccccc12. The number of rotatable bonds is 3. The van der Waals surface area contributed by atoms with Crippen LogP contribution in [0.15, 0.2) is 30.5 Å². The van der Waals surface area contributed by atoms with Crippen molar-refractivity contribution in [2.75, 3.05) is 6.61 Å². The van der Waals surface area contributed by atoms with Gasteiger partial charge in [0, 0.05) is 0 Å². The molecule has 17 heavy (non-hydrogen) atoms. The highest BCUT2D eigenvalue weighted by atomic mass is 16.6. The van der Waals surface area contributed by atoms with Gasteiger partial charge in [0.2, 0.25) is 0 Å². The van der Waals surface area contributed by atoms with E-state index in [1.807, 2.05) is 12.1 Å². The Balaban J connectivity index is 0.000000249. The van der Waals surface area contributed by atoms with Crippen LogP contribution in [0.2, 0.25) is 0 Å². The number of nitrogens with zero attached hydrogens (tertiary/aromatic N) is 1. The van der Waals surface area contributed by atoms with Gasteiger partial charge in [-0.25, -0.2) is 0 Å². The van der Waals surface area contributed by atoms with Crippen LogP contribution >= 0.6 is 0 Å². The van der Waals surface area contributed by atoms with Crippen molar-refractivity contribution < 1.29 is 14.5 Å². The van der Waals surface area contributed by atoms with Crippen LogP contribution in [0.4, 0.5) is 5.69 Å². The van der Waals surface area contributed by atoms with E-state index < -0.39 is 4.92 Å². The van der Waals surface area contributed by atoms with Gasteiger partial charge in [-0.05, 0) is 19.1 Å². The minimum absolute atomic E-state index is 0.130. The molecule has 6 heteroatoms. The summed E-state index contributed by atoms with van der Waals surface area (Å²) in [5.41, 5.74) is 0.926. The second kappa shape index (κ2) is 6.26. The van der Waals surface area contributed by atoms with Crippen LogP contribution < -0.4 is 0 Å². The molecule has 0 saturated heterocycles. The number of nitrogens with one attached hydrogen (secondary N) is 1. The largest absolute Gasteiger partial charge is 0.468 e. The van der Waals surface area contributed by atoms with E-state index in [4.69, 9.17) is 0 Å². The standard InChI is InChI=1S/C8H6N2O2.C3H6O2/c11-10(12)8-5-9-7-4-2-1-3-6(7)8;1-2-5-3-4/h1-5,9H;3H,2H2,1H3. The zero-order chi connectivity index (χ0) is 12.7. The molecule has 1 aromatic heterocycles. The number of nitro groups is 1. The molecular formula is C11H12N2O4. The van der Waals surface area contributed by atoms with Crippen molar-refractivity contribution in [3.8, 4) is 0 Å². The highest BCUT2D eigenvalue weighted by Gasteiger charge is 2.11. The molecule has 1 aromatic carbocycles. The smallest absolute Gasteiger partial charge is 0.294 e. The highest BCUT2D eigenvalue weighted by molar-refractivity contribution is 5.88. The number of benzene rings is 1. The fraction of sp³-hybridized carbons (Fsp3) is 0.182. The third kappa shape index (κ3) is 3.30. The Morgan fingerprint density at radius 2 is 2.18 bits per heavy atom. The monoisotopic (exact) mass is 236 g/mol. The van der Waals surface area contributed by atoms with E-state index in [0.29, 0.717) is 18.5 Å². The lowest BCUT2D eigenvalue weighted by Gasteiger charge is -1.86. The van der Waals surface area contributed by atoms with Gasteiger partial charge >= 0.3 is 0 Å². The lowest BCUT2D eigenvalue weighted by molar-refractivity contribution is -0.383. The Bertz CT molecular complexity index is 507. The third-order valence-electron chi connectivity index (χ3n) is 2.00. The summed E-state index contributed by atoms with van der Waals surface area (Å²) in [6.07, 6.45) is 1.41. The van der Waals surface area contributed by atoms with Crippen LogP contribution in [-0.4, -0.2) is 23.0 Å². The van der Waals surface area contributed by atoms with Crippen LogP contribution in [0, 0.1) is 10.1 Å². The van der Waals surface area contributed by atoms with Crippen molar-refractivity contribution in [3.05, 3.63) is 40.6 Å². The molecule has 2 aromatic rings. The van der Waals surface area contributed by atoms with E-state index in [-0.39, 0.29) is 5.69 Å². The van der Waals surface area contributed by atoms with Gasteiger partial charge < -0.3 is 9.72 Å². The Morgan fingerprint density at radius 3 is 2.71 bits per heavy atom. The molecule has 1 heterocycles. The summed E-state index contributed by atoms with van der Waals surface area (Å²) in [4.78, 5) is 22.1. The number of carbonyl (C=O) groups is 1. The third-order valence-corrected chi connectivity index (χ3v) is 2.00. The maximum atomic E-state index is 10.5. The van der Waals surface area contributed by atoms with Crippen LogP contribution in [-0.2, 0) is 9.53 Å². The van der Waals surface area contributed by atoms with Gasteiger partial charge in [0.1, 0.15) is 0 Å². The van der Waals surface area contributed by atoms with Gasteiger partial charge in [-0.3, -0.25) is 14.9 Å². The summed E-state index contributed by atoms with van der Waals surface area (Å²) in [6, 6.07) is 7.15. The zero-order valence-electron chi connectivity index (χ0n) is 9.25. The number of ether oxygens (including phenoxy) is 1. The first-order chi connectivity index (χ1) is 8.20. The summed E-state index contributed by atoms with van der Waals surface area (Å²) in [5.74, 6) is 0. The van der Waals surface area contributed by atoms with E-state index in [1.165, 1.54) is 6.20 Å². The molecule has 6 nitrogen and oxygen atoms in total. The predicted octanol–water partition coefficient (Wildman–Crippen LogP) is 2.26. The molecule has 0 bridgehead atoms. The summed E-state index contributed by atoms with van der Waals surface area (Å²) in [5, 5.41) is 11.1. The molecule has 0 aliphatic heterocycles. The molecule has 0 spiro atoms. The normalized spacial score (nSPS) is 9.24. The second-order valence-corrected chi connectivity index (χ2v) is 3.03. The maximum absolute atomic E-state index is 10.5. The van der Waals surface area contributed by atoms with Gasteiger partial charge in [0.25, 0.3) is 12.2 Å². The molecule has 0 saturated carbocycles. The first kappa shape index (κ1) is 12.7. The van der Waals surface area contributed by atoms with E-state index in [1.54, 1.807) is 19.1 Å². The lowest BCUT2D eigenvalue weighted by Crippen LogP contribution is -1.84. The summed E-state index contributed by atoms with van der Waals surface area (Å²) in [6.45, 7) is 2.66. The van der Waals surface area contributed by atoms with E-state index in [0.717, 1.165) is 5.52 Å². The van der Waals surface area contributed by atoms with Crippen molar-refractivity contribution in [1.82, 2.24) is 4.98 Å². The minimum Gasteiger partial charge on any atom is -0.468 e. The van der Waals surface area contributed by atoms with E-state index in [9.17, 15) is 14.9 Å². The van der Waals surface area contributed by atoms with Crippen molar-refractivity contribution in [3.63, 3.8) is 0 Å². The molecular weight excluding hydrogens is 224 g/mol. The predicted molar refractivity (Wildman–Crippen MR) is 62.6 cm³/mol. The number of carbonyl (C=O) groups excluding carboxylic acids is 1. The number of aromatic nitrogens is 1. The van der Waals surface area contributed by atoms with Crippen LogP contribution in [0.5, 0.6) is 0 Å². The van der Waals surface area contributed by atoms with Gasteiger partial charge in [0.15, 0.2) is 0 Å². The maximum Gasteiger partial charge on any atom is 0.294 e. The highest BCUT2D eigenvalue weighted by Crippen LogP contribution is 2.23. The summed E-state index contributed by atoms with van der Waals surface area (Å²) in [7, 11) is 0. The number of para-hydroxylation sites is 1. The molecule has 1 N–H and O–H groups in total. The first-order valence-electron chi connectivity index (χ1n) is 4.96. The number of hydrogen-bond donors (Lipinski definition) is 1. The average Bonchev–Trinajstić information content (AvgIpc) is 2.74. The quantitative estimate of drug-likeness (QED) is 0.503. The van der Waals surface area contributed by atoms with Crippen molar-refractivity contribution in [2.45, 2.75) is 6.92 Å². The van der Waals surface area contributed by atoms with Gasteiger partial charge in [-0.2, -0.15) is 0 Å². The topological polar surface area (TPSA) is 85.2 Å². The van der Waals surface area contributed by atoms with Gasteiger partial charge in [-0.1, -0.05) is 12.1 Å². The molecule has 0 amide bonds. The molecule has 0 fully saturated rings. The first-order valence-corrected chi connectivity index (χ1v) is 4.96. The Kier molecular flexibility index (Phi) is 4.68. The Morgan fingerprint density at radius 1 is 1.47 bits per heavy atom. The number of H-pyrrole nitrogens is 1. The molecule has 0 aliphatic rings. The Labute approximate surface area is 97.4 Å². The van der Waals surface area contributed by atoms with Gasteiger partial charge in [-0.15, -0.1) is 0 Å². The fourth-order valence-corrected chi connectivity index (χ4v) is 1.28. The molecule has 90 valence electrons.